The van der Waals surface area contributed by atoms with Crippen LogP contribution in [0.2, 0.25) is 0 Å². The number of para-hydroxylation sites is 1. The van der Waals surface area contributed by atoms with Crippen molar-refractivity contribution < 1.29 is 9.18 Å². The highest BCUT2D eigenvalue weighted by Gasteiger charge is 2.15. The van der Waals surface area contributed by atoms with Gasteiger partial charge in [0.25, 0.3) is 0 Å². The van der Waals surface area contributed by atoms with E-state index >= 15 is 0 Å². The number of fused-ring (bicyclic) bond motifs is 1. The molecule has 0 fully saturated rings. The lowest BCUT2D eigenvalue weighted by Gasteiger charge is -2.05. The smallest absolute Gasteiger partial charge is 0.171 e. The van der Waals surface area contributed by atoms with Gasteiger partial charge in [-0.2, -0.15) is 0 Å². The topological polar surface area (TPSA) is 30.0 Å². The second kappa shape index (κ2) is 5.74. The molecule has 1 aromatic heterocycles. The van der Waals surface area contributed by atoms with Gasteiger partial charge in [0.15, 0.2) is 5.78 Å². The van der Waals surface area contributed by atoms with Crippen molar-refractivity contribution in [1.29, 1.82) is 0 Å². The van der Waals surface area contributed by atoms with Gasteiger partial charge >= 0.3 is 0 Å². The van der Waals surface area contributed by atoms with Crippen molar-refractivity contribution in [3.8, 4) is 0 Å². The molecule has 0 N–H and O–H groups in total. The van der Waals surface area contributed by atoms with E-state index in [1.165, 1.54) is 6.07 Å². The summed E-state index contributed by atoms with van der Waals surface area (Å²) in [4.78, 5) is 16.7. The van der Waals surface area contributed by atoms with E-state index in [2.05, 4.69) is 20.9 Å². The summed E-state index contributed by atoms with van der Waals surface area (Å²) >= 11 is 3.09. The molecule has 0 saturated heterocycles. The Balaban J connectivity index is 1.91. The minimum absolute atomic E-state index is 0.0816. The van der Waals surface area contributed by atoms with Crippen LogP contribution < -0.4 is 0 Å². The van der Waals surface area contributed by atoms with E-state index < -0.39 is 5.82 Å². The second-order valence-electron chi connectivity index (χ2n) is 4.70. The van der Waals surface area contributed by atoms with Crippen molar-refractivity contribution in [2.45, 2.75) is 6.42 Å². The van der Waals surface area contributed by atoms with Crippen molar-refractivity contribution in [2.75, 3.05) is 0 Å². The van der Waals surface area contributed by atoms with Crippen LogP contribution in [0.4, 0.5) is 4.39 Å². The summed E-state index contributed by atoms with van der Waals surface area (Å²) < 4.78 is 14.2. The van der Waals surface area contributed by atoms with E-state index in [1.54, 1.807) is 18.2 Å². The van der Waals surface area contributed by atoms with Crippen LogP contribution in [0.5, 0.6) is 0 Å². The standard InChI is InChI=1S/C17H11BrFNO/c18-14-6-3-5-13(17(14)19)16(21)10-12-9-8-11-4-1-2-7-15(11)20-12/h1-9H,10H2. The van der Waals surface area contributed by atoms with Gasteiger partial charge < -0.3 is 0 Å². The first-order valence-corrected chi connectivity index (χ1v) is 7.26. The fourth-order valence-electron chi connectivity index (χ4n) is 2.19. The molecule has 21 heavy (non-hydrogen) atoms. The fourth-order valence-corrected chi connectivity index (χ4v) is 2.55. The van der Waals surface area contributed by atoms with Crippen LogP contribution in [0.3, 0.4) is 0 Å². The van der Waals surface area contributed by atoms with Crippen LogP contribution >= 0.6 is 15.9 Å². The SMILES string of the molecule is O=C(Cc1ccc2ccccc2n1)c1cccc(Br)c1F. The summed E-state index contributed by atoms with van der Waals surface area (Å²) in [7, 11) is 0. The summed E-state index contributed by atoms with van der Waals surface area (Å²) in [5.41, 5.74) is 1.55. The lowest BCUT2D eigenvalue weighted by molar-refractivity contribution is 0.0988. The predicted molar refractivity (Wildman–Crippen MR) is 83.9 cm³/mol. The molecule has 0 spiro atoms. The quantitative estimate of drug-likeness (QED) is 0.652. The predicted octanol–water partition coefficient (Wildman–Crippen LogP) is 4.56. The molecule has 0 aliphatic heterocycles. The van der Waals surface area contributed by atoms with Crippen LogP contribution in [0.15, 0.2) is 59.1 Å². The van der Waals surface area contributed by atoms with Gasteiger partial charge in [-0.25, -0.2) is 4.39 Å². The monoisotopic (exact) mass is 343 g/mol. The van der Waals surface area contributed by atoms with Crippen molar-refractivity contribution in [1.82, 2.24) is 4.98 Å². The number of hydrogen-bond donors (Lipinski definition) is 0. The molecule has 2 aromatic carbocycles. The molecule has 0 unspecified atom stereocenters. The molecule has 0 aliphatic rings. The van der Waals surface area contributed by atoms with E-state index in [0.29, 0.717) is 10.2 Å². The van der Waals surface area contributed by atoms with Gasteiger partial charge in [-0.1, -0.05) is 30.3 Å². The number of pyridine rings is 1. The lowest BCUT2D eigenvalue weighted by atomic mass is 10.1. The van der Waals surface area contributed by atoms with Crippen molar-refractivity contribution in [2.24, 2.45) is 0 Å². The number of carbonyl (C=O) groups is 1. The second-order valence-corrected chi connectivity index (χ2v) is 5.55. The molecule has 1 heterocycles. The van der Waals surface area contributed by atoms with E-state index in [4.69, 9.17) is 0 Å². The maximum atomic E-state index is 13.9. The highest BCUT2D eigenvalue weighted by Crippen LogP contribution is 2.20. The van der Waals surface area contributed by atoms with Crippen molar-refractivity contribution >= 4 is 32.6 Å². The van der Waals surface area contributed by atoms with Gasteiger partial charge in [-0.05, 0) is 40.2 Å². The highest BCUT2D eigenvalue weighted by molar-refractivity contribution is 9.10. The normalized spacial score (nSPS) is 10.8. The Labute approximate surface area is 129 Å². The van der Waals surface area contributed by atoms with Gasteiger partial charge in [-0.15, -0.1) is 0 Å². The average Bonchev–Trinajstić information content (AvgIpc) is 2.50. The van der Waals surface area contributed by atoms with Gasteiger partial charge in [0.2, 0.25) is 0 Å². The van der Waals surface area contributed by atoms with Gasteiger partial charge in [-0.3, -0.25) is 9.78 Å². The minimum atomic E-state index is -0.525. The first kappa shape index (κ1) is 13.9. The number of rotatable bonds is 3. The Morgan fingerprint density at radius 1 is 1.05 bits per heavy atom. The zero-order valence-electron chi connectivity index (χ0n) is 11.0. The maximum absolute atomic E-state index is 13.9. The molecule has 3 aromatic rings. The number of hydrogen-bond acceptors (Lipinski definition) is 2. The Kier molecular flexibility index (Phi) is 3.80. The third kappa shape index (κ3) is 2.85. The number of nitrogens with zero attached hydrogens (tertiary/aromatic N) is 1. The van der Waals surface area contributed by atoms with Crippen molar-refractivity contribution in [3.05, 3.63) is 76.1 Å². The zero-order valence-corrected chi connectivity index (χ0v) is 12.6. The van der Waals surface area contributed by atoms with Gasteiger partial charge in [0.1, 0.15) is 5.82 Å². The summed E-state index contributed by atoms with van der Waals surface area (Å²) in [6.45, 7) is 0. The molecular weight excluding hydrogens is 333 g/mol. The van der Waals surface area contributed by atoms with Crippen LogP contribution in [0, 0.1) is 5.82 Å². The first-order valence-electron chi connectivity index (χ1n) is 6.47. The lowest BCUT2D eigenvalue weighted by Crippen LogP contribution is -2.07. The van der Waals surface area contributed by atoms with Crippen LogP contribution in [0.25, 0.3) is 10.9 Å². The molecule has 0 atom stereocenters. The number of Topliss-reactive ketones (excluding diaryl/α,β-unsaturated/α-hetero) is 1. The first-order chi connectivity index (χ1) is 10.1. The van der Waals surface area contributed by atoms with E-state index in [0.717, 1.165) is 10.9 Å². The van der Waals surface area contributed by atoms with E-state index in [9.17, 15) is 9.18 Å². The number of benzene rings is 2. The molecule has 0 radical (unpaired) electrons. The maximum Gasteiger partial charge on any atom is 0.171 e. The molecular formula is C17H11BrFNO. The van der Waals surface area contributed by atoms with Gasteiger partial charge in [0.05, 0.1) is 22.0 Å². The summed E-state index contributed by atoms with van der Waals surface area (Å²) in [5, 5.41) is 1.02. The van der Waals surface area contributed by atoms with E-state index in [1.807, 2.05) is 30.3 Å². The van der Waals surface area contributed by atoms with Crippen molar-refractivity contribution in [3.63, 3.8) is 0 Å². The number of halogens is 2. The summed E-state index contributed by atoms with van der Waals surface area (Å²) in [6, 6.07) is 16.1. The van der Waals surface area contributed by atoms with Crippen LogP contribution in [0.1, 0.15) is 16.1 Å². The van der Waals surface area contributed by atoms with Crippen LogP contribution in [-0.2, 0) is 6.42 Å². The molecule has 0 aliphatic carbocycles. The Hall–Kier alpha value is -2.07. The molecule has 104 valence electrons. The minimum Gasteiger partial charge on any atom is -0.294 e. The average molecular weight is 344 g/mol. The fraction of sp³-hybridized carbons (Fsp3) is 0.0588. The zero-order chi connectivity index (χ0) is 14.8. The third-order valence-corrected chi connectivity index (χ3v) is 3.86. The largest absolute Gasteiger partial charge is 0.294 e. The number of carbonyl (C=O) groups excluding carboxylic acids is 1. The third-order valence-electron chi connectivity index (χ3n) is 3.25. The number of ketones is 1. The molecule has 2 nitrogen and oxygen atoms in total. The molecule has 0 amide bonds. The molecule has 4 heteroatoms. The van der Waals surface area contributed by atoms with E-state index in [-0.39, 0.29) is 17.8 Å². The van der Waals surface area contributed by atoms with Gasteiger partial charge in [0, 0.05) is 11.1 Å². The molecule has 3 rings (SSSR count). The summed E-state index contributed by atoms with van der Waals surface area (Å²) in [5.74, 6) is -0.806. The molecule has 0 bridgehead atoms. The highest BCUT2D eigenvalue weighted by atomic mass is 79.9. The molecule has 0 saturated carbocycles. The van der Waals surface area contributed by atoms with Crippen LogP contribution in [-0.4, -0.2) is 10.8 Å². The summed E-state index contributed by atoms with van der Waals surface area (Å²) in [6.07, 6.45) is 0.0816. The Morgan fingerprint density at radius 2 is 1.86 bits per heavy atom. The Morgan fingerprint density at radius 3 is 2.71 bits per heavy atom. The Bertz CT molecular complexity index is 832. The number of aromatic nitrogens is 1.